The van der Waals surface area contributed by atoms with Crippen LogP contribution >= 0.6 is 0 Å². The first-order valence-corrected chi connectivity index (χ1v) is 8.59. The minimum absolute atomic E-state index is 0.189. The van der Waals surface area contributed by atoms with E-state index in [1.54, 1.807) is 6.20 Å². The number of hydrogen-bond donors (Lipinski definition) is 1. The van der Waals surface area contributed by atoms with Gasteiger partial charge < -0.3 is 9.32 Å². The summed E-state index contributed by atoms with van der Waals surface area (Å²) in [5.74, 6) is 1.58. The zero-order valence-corrected chi connectivity index (χ0v) is 14.0. The van der Waals surface area contributed by atoms with Gasteiger partial charge in [-0.2, -0.15) is 5.10 Å². The molecule has 0 amide bonds. The Labute approximate surface area is 146 Å². The summed E-state index contributed by atoms with van der Waals surface area (Å²) in [6, 6.07) is 12.7. The second-order valence-corrected chi connectivity index (χ2v) is 6.33. The fourth-order valence-corrected chi connectivity index (χ4v) is 3.26. The first-order chi connectivity index (χ1) is 12.3. The highest BCUT2D eigenvalue weighted by molar-refractivity contribution is 5.51. The van der Waals surface area contributed by atoms with Crippen LogP contribution in [-0.2, 0) is 6.54 Å². The molecule has 0 spiro atoms. The summed E-state index contributed by atoms with van der Waals surface area (Å²) in [4.78, 5) is 4.72. The molecule has 3 heterocycles. The third-order valence-corrected chi connectivity index (χ3v) is 4.59. The number of nitrogens with zero attached hydrogens (tertiary/aromatic N) is 3. The molecule has 0 radical (unpaired) electrons. The number of hydrogen-bond acceptors (Lipinski definition) is 4. The molecular formula is C19H21FN4O. The van der Waals surface area contributed by atoms with Crippen LogP contribution in [0.2, 0.25) is 0 Å². The van der Waals surface area contributed by atoms with Gasteiger partial charge in [0.05, 0.1) is 6.54 Å². The minimum Gasteiger partial charge on any atom is -0.458 e. The van der Waals surface area contributed by atoms with Crippen LogP contribution in [0.3, 0.4) is 0 Å². The average Bonchev–Trinajstić information content (AvgIpc) is 3.25. The summed E-state index contributed by atoms with van der Waals surface area (Å²) in [6.45, 7) is 4.69. The van der Waals surface area contributed by atoms with Gasteiger partial charge in [-0.15, -0.1) is 0 Å². The van der Waals surface area contributed by atoms with E-state index in [0.717, 1.165) is 62.0 Å². The standard InChI is InChI=1S/C19H21FN4O/c20-15-2-4-16(5-3-15)24-11-1-10-23(12-13-24)14-17-6-7-19(25-17)18-8-9-21-22-18/h2-9H,1,10-14H2,(H,21,22). The Balaban J connectivity index is 1.37. The van der Waals surface area contributed by atoms with Gasteiger partial charge in [-0.05, 0) is 48.9 Å². The molecule has 6 heteroatoms. The Hall–Kier alpha value is -2.60. The normalized spacial score (nSPS) is 16.1. The quantitative estimate of drug-likeness (QED) is 0.789. The van der Waals surface area contributed by atoms with Crippen molar-refractivity contribution >= 4 is 5.69 Å². The van der Waals surface area contributed by atoms with Gasteiger partial charge in [0.1, 0.15) is 17.3 Å². The molecule has 3 aromatic rings. The number of anilines is 1. The SMILES string of the molecule is Fc1ccc(N2CCCN(Cc3ccc(-c4ccn[nH]4)o3)CC2)cc1. The molecule has 25 heavy (non-hydrogen) atoms. The molecular weight excluding hydrogens is 319 g/mol. The number of halogens is 1. The van der Waals surface area contributed by atoms with Gasteiger partial charge >= 0.3 is 0 Å². The lowest BCUT2D eigenvalue weighted by Gasteiger charge is -2.23. The fraction of sp³-hybridized carbons (Fsp3) is 0.316. The molecule has 0 unspecified atom stereocenters. The third kappa shape index (κ3) is 3.74. The van der Waals surface area contributed by atoms with Gasteiger partial charge in [0.15, 0.2) is 5.76 Å². The van der Waals surface area contributed by atoms with E-state index in [0.29, 0.717) is 0 Å². The smallest absolute Gasteiger partial charge is 0.152 e. The first kappa shape index (κ1) is 15.9. The van der Waals surface area contributed by atoms with Crippen LogP contribution in [0.4, 0.5) is 10.1 Å². The monoisotopic (exact) mass is 340 g/mol. The van der Waals surface area contributed by atoms with Crippen molar-refractivity contribution in [3.63, 3.8) is 0 Å². The number of furan rings is 1. The zero-order valence-electron chi connectivity index (χ0n) is 14.0. The van der Waals surface area contributed by atoms with Gasteiger partial charge in [-0.1, -0.05) is 0 Å². The molecule has 1 aliphatic rings. The van der Waals surface area contributed by atoms with Crippen LogP contribution in [0.25, 0.3) is 11.5 Å². The average molecular weight is 340 g/mol. The van der Waals surface area contributed by atoms with Crippen molar-refractivity contribution in [3.8, 4) is 11.5 Å². The topological polar surface area (TPSA) is 48.3 Å². The summed E-state index contributed by atoms with van der Waals surface area (Å²) < 4.78 is 19.0. The fourth-order valence-electron chi connectivity index (χ4n) is 3.26. The Bertz CT molecular complexity index is 797. The maximum atomic E-state index is 13.1. The summed E-state index contributed by atoms with van der Waals surface area (Å²) in [6.07, 6.45) is 2.79. The number of benzene rings is 1. The molecule has 4 rings (SSSR count). The molecule has 0 bridgehead atoms. The summed E-state index contributed by atoms with van der Waals surface area (Å²) in [5, 5.41) is 6.87. The van der Waals surface area contributed by atoms with Gasteiger partial charge in [0.2, 0.25) is 0 Å². The van der Waals surface area contributed by atoms with Gasteiger partial charge in [-0.3, -0.25) is 10.00 Å². The van der Waals surface area contributed by atoms with Crippen molar-refractivity contribution in [2.75, 3.05) is 31.1 Å². The zero-order chi connectivity index (χ0) is 17.1. The van der Waals surface area contributed by atoms with Gasteiger partial charge in [0.25, 0.3) is 0 Å². The molecule has 0 atom stereocenters. The van der Waals surface area contributed by atoms with E-state index in [1.807, 2.05) is 30.3 Å². The predicted octanol–water partition coefficient (Wildman–Crippen LogP) is 3.52. The summed E-state index contributed by atoms with van der Waals surface area (Å²) in [7, 11) is 0. The van der Waals surface area contributed by atoms with Gasteiger partial charge in [0, 0.05) is 38.1 Å². The van der Waals surface area contributed by atoms with Crippen LogP contribution in [0.5, 0.6) is 0 Å². The number of rotatable bonds is 4. The van der Waals surface area contributed by atoms with Gasteiger partial charge in [-0.25, -0.2) is 4.39 Å². The summed E-state index contributed by atoms with van der Waals surface area (Å²) in [5.41, 5.74) is 1.98. The van der Waals surface area contributed by atoms with Crippen molar-refractivity contribution in [1.82, 2.24) is 15.1 Å². The third-order valence-electron chi connectivity index (χ3n) is 4.59. The number of aromatic amines is 1. The lowest BCUT2D eigenvalue weighted by Crippen LogP contribution is -2.30. The van der Waals surface area contributed by atoms with Crippen molar-refractivity contribution < 1.29 is 8.81 Å². The highest BCUT2D eigenvalue weighted by Crippen LogP contribution is 2.22. The molecule has 130 valence electrons. The largest absolute Gasteiger partial charge is 0.458 e. The molecule has 1 saturated heterocycles. The maximum absolute atomic E-state index is 13.1. The Kier molecular flexibility index (Phi) is 4.52. The van der Waals surface area contributed by atoms with Crippen LogP contribution in [-0.4, -0.2) is 41.3 Å². The Morgan fingerprint density at radius 3 is 2.68 bits per heavy atom. The number of H-pyrrole nitrogens is 1. The van der Waals surface area contributed by atoms with Crippen LogP contribution in [0.15, 0.2) is 53.1 Å². The van der Waals surface area contributed by atoms with E-state index in [-0.39, 0.29) is 5.82 Å². The van der Waals surface area contributed by atoms with Crippen LogP contribution in [0, 0.1) is 5.82 Å². The molecule has 2 aromatic heterocycles. The maximum Gasteiger partial charge on any atom is 0.152 e. The molecule has 1 aliphatic heterocycles. The van der Waals surface area contributed by atoms with E-state index in [9.17, 15) is 4.39 Å². The van der Waals surface area contributed by atoms with Crippen LogP contribution < -0.4 is 4.90 Å². The van der Waals surface area contributed by atoms with E-state index >= 15 is 0 Å². The van der Waals surface area contributed by atoms with Crippen LogP contribution in [0.1, 0.15) is 12.2 Å². The molecule has 1 fully saturated rings. The molecule has 0 aliphatic carbocycles. The molecule has 1 N–H and O–H groups in total. The van der Waals surface area contributed by atoms with E-state index < -0.39 is 0 Å². The first-order valence-electron chi connectivity index (χ1n) is 8.59. The second kappa shape index (κ2) is 7.11. The van der Waals surface area contributed by atoms with Crippen molar-refractivity contribution in [1.29, 1.82) is 0 Å². The van der Waals surface area contributed by atoms with Crippen molar-refractivity contribution in [2.24, 2.45) is 0 Å². The lowest BCUT2D eigenvalue weighted by atomic mass is 10.2. The van der Waals surface area contributed by atoms with Crippen molar-refractivity contribution in [2.45, 2.75) is 13.0 Å². The predicted molar refractivity (Wildman–Crippen MR) is 94.8 cm³/mol. The molecule has 1 aromatic carbocycles. The highest BCUT2D eigenvalue weighted by Gasteiger charge is 2.17. The van der Waals surface area contributed by atoms with E-state index in [1.165, 1.54) is 12.1 Å². The second-order valence-electron chi connectivity index (χ2n) is 6.33. The summed E-state index contributed by atoms with van der Waals surface area (Å²) >= 11 is 0. The highest BCUT2D eigenvalue weighted by atomic mass is 19.1. The molecule has 5 nitrogen and oxygen atoms in total. The lowest BCUT2D eigenvalue weighted by molar-refractivity contribution is 0.261. The van der Waals surface area contributed by atoms with E-state index in [4.69, 9.17) is 4.42 Å². The number of aromatic nitrogens is 2. The van der Waals surface area contributed by atoms with Crippen molar-refractivity contribution in [3.05, 3.63) is 60.2 Å². The van der Waals surface area contributed by atoms with E-state index in [2.05, 4.69) is 20.0 Å². The Morgan fingerprint density at radius 1 is 1.00 bits per heavy atom. The number of nitrogens with one attached hydrogen (secondary N) is 1. The Morgan fingerprint density at radius 2 is 1.88 bits per heavy atom. The molecule has 0 saturated carbocycles. The minimum atomic E-state index is -0.189.